The summed E-state index contributed by atoms with van der Waals surface area (Å²) in [6, 6.07) is 0. The normalized spacial score (nSPS) is 10.8. The molecule has 0 atom stereocenters. The van der Waals surface area contributed by atoms with Crippen LogP contribution >= 0.6 is 0 Å². The van der Waals surface area contributed by atoms with E-state index in [4.69, 9.17) is 9.47 Å². The zero-order valence-corrected chi connectivity index (χ0v) is 12.8. The van der Waals surface area contributed by atoms with Gasteiger partial charge in [0.1, 0.15) is 0 Å². The molecule has 0 amide bonds. The lowest BCUT2D eigenvalue weighted by molar-refractivity contribution is 0.141. The number of ether oxygens (including phenoxy) is 2. The van der Waals surface area contributed by atoms with E-state index in [9.17, 15) is 0 Å². The van der Waals surface area contributed by atoms with Crippen molar-refractivity contribution in [2.45, 2.75) is 20.4 Å². The third-order valence-corrected chi connectivity index (χ3v) is 2.77. The average Bonchev–Trinajstić information content (AvgIpc) is 2.47. The molecule has 1 heterocycles. The summed E-state index contributed by atoms with van der Waals surface area (Å²) in [5.41, 5.74) is 1.07. The highest BCUT2D eigenvalue weighted by molar-refractivity contribution is 5.29. The van der Waals surface area contributed by atoms with Gasteiger partial charge >= 0.3 is 0 Å². The number of hydrogen-bond acceptors (Lipinski definition) is 6. The molecule has 6 heteroatoms. The zero-order chi connectivity index (χ0) is 14.6. The molecule has 114 valence electrons. The molecule has 1 N–H and O–H groups in total. The molecular formula is C14H26N4O2. The van der Waals surface area contributed by atoms with Gasteiger partial charge in [-0.1, -0.05) is 0 Å². The van der Waals surface area contributed by atoms with E-state index in [1.54, 1.807) is 0 Å². The van der Waals surface area contributed by atoms with Crippen LogP contribution in [0.5, 0.6) is 0 Å². The lowest BCUT2D eigenvalue weighted by atomic mass is 10.3. The van der Waals surface area contributed by atoms with Gasteiger partial charge in [0.2, 0.25) is 5.95 Å². The molecule has 6 nitrogen and oxygen atoms in total. The number of rotatable bonds is 11. The topological polar surface area (TPSA) is 59.5 Å². The number of nitrogens with one attached hydrogen (secondary N) is 1. The second kappa shape index (κ2) is 10.5. The molecule has 0 aliphatic rings. The van der Waals surface area contributed by atoms with Gasteiger partial charge in [-0.2, -0.15) is 0 Å². The molecule has 0 radical (unpaired) electrons. The zero-order valence-electron chi connectivity index (χ0n) is 12.8. The van der Waals surface area contributed by atoms with Gasteiger partial charge in [0.05, 0.1) is 13.2 Å². The number of nitrogens with zero attached hydrogens (tertiary/aromatic N) is 3. The van der Waals surface area contributed by atoms with Crippen LogP contribution in [-0.4, -0.2) is 56.5 Å². The van der Waals surface area contributed by atoms with Crippen LogP contribution in [0, 0.1) is 0 Å². The molecule has 0 saturated carbocycles. The van der Waals surface area contributed by atoms with Crippen molar-refractivity contribution in [2.75, 3.05) is 51.5 Å². The maximum absolute atomic E-state index is 5.41. The summed E-state index contributed by atoms with van der Waals surface area (Å²) in [5, 5.41) is 3.08. The Balaban J connectivity index is 2.59. The monoisotopic (exact) mass is 282 g/mol. The molecule has 0 bridgehead atoms. The number of anilines is 1. The lowest BCUT2D eigenvalue weighted by Crippen LogP contribution is -2.32. The first-order valence-electron chi connectivity index (χ1n) is 7.17. The average molecular weight is 282 g/mol. The largest absolute Gasteiger partial charge is 0.380 e. The highest BCUT2D eigenvalue weighted by atomic mass is 16.5. The maximum atomic E-state index is 5.41. The molecular weight excluding hydrogens is 256 g/mol. The van der Waals surface area contributed by atoms with Gasteiger partial charge in [-0.05, 0) is 20.9 Å². The predicted molar refractivity (Wildman–Crippen MR) is 80.0 cm³/mol. The third kappa shape index (κ3) is 6.27. The first-order chi connectivity index (χ1) is 9.81. The van der Waals surface area contributed by atoms with Crippen LogP contribution in [-0.2, 0) is 16.0 Å². The smallest absolute Gasteiger partial charge is 0.225 e. The molecule has 0 aliphatic heterocycles. The highest BCUT2D eigenvalue weighted by Crippen LogP contribution is 2.07. The van der Waals surface area contributed by atoms with Crippen molar-refractivity contribution in [3.05, 3.63) is 18.0 Å². The van der Waals surface area contributed by atoms with Crippen LogP contribution in [0.15, 0.2) is 12.4 Å². The molecule has 0 saturated heterocycles. The van der Waals surface area contributed by atoms with Crippen LogP contribution < -0.4 is 10.2 Å². The summed E-state index contributed by atoms with van der Waals surface area (Å²) in [6.45, 7) is 9.09. The van der Waals surface area contributed by atoms with Crippen molar-refractivity contribution in [1.82, 2.24) is 15.3 Å². The Morgan fingerprint density at radius 2 is 1.60 bits per heavy atom. The highest BCUT2D eigenvalue weighted by Gasteiger charge is 2.09. The van der Waals surface area contributed by atoms with Crippen molar-refractivity contribution >= 4 is 5.95 Å². The predicted octanol–water partition coefficient (Wildman–Crippen LogP) is 1.08. The second-order valence-corrected chi connectivity index (χ2v) is 4.30. The van der Waals surface area contributed by atoms with Gasteiger partial charge in [-0.3, -0.25) is 0 Å². The fourth-order valence-corrected chi connectivity index (χ4v) is 1.76. The van der Waals surface area contributed by atoms with Gasteiger partial charge in [0.15, 0.2) is 0 Å². The summed E-state index contributed by atoms with van der Waals surface area (Å²) in [4.78, 5) is 10.9. The first kappa shape index (κ1) is 16.8. The summed E-state index contributed by atoms with van der Waals surface area (Å²) in [7, 11) is 1.91. The van der Waals surface area contributed by atoms with Crippen LogP contribution in [0.1, 0.15) is 19.4 Å². The van der Waals surface area contributed by atoms with Gasteiger partial charge in [-0.25, -0.2) is 9.97 Å². The minimum absolute atomic E-state index is 0.671. The second-order valence-electron chi connectivity index (χ2n) is 4.30. The third-order valence-electron chi connectivity index (χ3n) is 2.77. The van der Waals surface area contributed by atoms with Gasteiger partial charge in [0, 0.05) is 50.8 Å². The van der Waals surface area contributed by atoms with E-state index in [2.05, 4.69) is 20.2 Å². The van der Waals surface area contributed by atoms with E-state index in [0.717, 1.165) is 44.4 Å². The van der Waals surface area contributed by atoms with Crippen molar-refractivity contribution in [1.29, 1.82) is 0 Å². The minimum atomic E-state index is 0.671. The fourth-order valence-electron chi connectivity index (χ4n) is 1.76. The number of hydrogen-bond donors (Lipinski definition) is 1. The van der Waals surface area contributed by atoms with Crippen molar-refractivity contribution in [2.24, 2.45) is 0 Å². The van der Waals surface area contributed by atoms with Crippen LogP contribution in [0.3, 0.4) is 0 Å². The van der Waals surface area contributed by atoms with E-state index < -0.39 is 0 Å². The molecule has 1 aromatic rings. The van der Waals surface area contributed by atoms with Crippen molar-refractivity contribution in [3.63, 3.8) is 0 Å². The van der Waals surface area contributed by atoms with Crippen LogP contribution in [0.2, 0.25) is 0 Å². The summed E-state index contributed by atoms with van der Waals surface area (Å²) in [5.74, 6) is 0.726. The summed E-state index contributed by atoms with van der Waals surface area (Å²) in [6.07, 6.45) is 3.71. The van der Waals surface area contributed by atoms with Gasteiger partial charge in [0.25, 0.3) is 0 Å². The van der Waals surface area contributed by atoms with Crippen LogP contribution in [0.4, 0.5) is 5.95 Å². The molecule has 0 aliphatic carbocycles. The lowest BCUT2D eigenvalue weighted by Gasteiger charge is -2.22. The Labute approximate surface area is 121 Å². The van der Waals surface area contributed by atoms with Gasteiger partial charge in [-0.15, -0.1) is 0 Å². The molecule has 1 rings (SSSR count). The Morgan fingerprint density at radius 1 is 1.05 bits per heavy atom. The Hall–Kier alpha value is -1.24. The van der Waals surface area contributed by atoms with E-state index in [0.29, 0.717) is 13.2 Å². The molecule has 0 fully saturated rings. The maximum Gasteiger partial charge on any atom is 0.225 e. The standard InChI is InChI=1S/C14H26N4O2/c1-4-19-8-6-18(7-9-20-5-2)14-16-11-13(10-15-3)12-17-14/h11-12,15H,4-10H2,1-3H3. The van der Waals surface area contributed by atoms with E-state index in [-0.39, 0.29) is 0 Å². The quantitative estimate of drug-likeness (QED) is 0.613. The molecule has 0 unspecified atom stereocenters. The Bertz CT molecular complexity index is 336. The van der Waals surface area contributed by atoms with Crippen molar-refractivity contribution < 1.29 is 9.47 Å². The molecule has 0 aromatic carbocycles. The van der Waals surface area contributed by atoms with E-state index in [1.165, 1.54) is 0 Å². The van der Waals surface area contributed by atoms with E-state index >= 15 is 0 Å². The van der Waals surface area contributed by atoms with Gasteiger partial charge < -0.3 is 19.7 Å². The first-order valence-corrected chi connectivity index (χ1v) is 7.17. The fraction of sp³-hybridized carbons (Fsp3) is 0.714. The number of aromatic nitrogens is 2. The van der Waals surface area contributed by atoms with Crippen molar-refractivity contribution in [3.8, 4) is 0 Å². The summed E-state index contributed by atoms with van der Waals surface area (Å²) >= 11 is 0. The van der Waals surface area contributed by atoms with Crippen LogP contribution in [0.25, 0.3) is 0 Å². The molecule has 1 aromatic heterocycles. The summed E-state index contributed by atoms with van der Waals surface area (Å²) < 4.78 is 10.8. The Morgan fingerprint density at radius 3 is 2.05 bits per heavy atom. The minimum Gasteiger partial charge on any atom is -0.380 e. The SMILES string of the molecule is CCOCCN(CCOCC)c1ncc(CNC)cn1. The Kier molecular flexibility index (Phi) is 8.86. The molecule has 0 spiro atoms. The molecule has 20 heavy (non-hydrogen) atoms. The van der Waals surface area contributed by atoms with E-state index in [1.807, 2.05) is 33.3 Å².